The van der Waals surface area contributed by atoms with Crippen molar-refractivity contribution < 1.29 is 27.5 Å². The fourth-order valence-corrected chi connectivity index (χ4v) is 2.47. The molecule has 0 aliphatic carbocycles. The van der Waals surface area contributed by atoms with Gasteiger partial charge in [0.05, 0.1) is 0 Å². The number of aromatic nitrogens is 1. The van der Waals surface area contributed by atoms with Crippen molar-refractivity contribution >= 4 is 5.97 Å². The van der Waals surface area contributed by atoms with Gasteiger partial charge >= 0.3 is 5.97 Å². The van der Waals surface area contributed by atoms with E-state index in [0.717, 1.165) is 31.4 Å². The van der Waals surface area contributed by atoms with Crippen LogP contribution in [0.1, 0.15) is 53.8 Å². The van der Waals surface area contributed by atoms with Crippen LogP contribution in [0.2, 0.25) is 0 Å². The Labute approximate surface area is 131 Å². The summed E-state index contributed by atoms with van der Waals surface area (Å²) in [5.41, 5.74) is 0.394. The van der Waals surface area contributed by atoms with Gasteiger partial charge < -0.3 is 13.9 Å². The van der Waals surface area contributed by atoms with E-state index in [1.54, 1.807) is 6.92 Å². The van der Waals surface area contributed by atoms with Gasteiger partial charge in [-0.05, 0) is 37.5 Å². The van der Waals surface area contributed by atoms with Crippen LogP contribution in [0, 0.1) is 11.6 Å². The number of ether oxygens (including phenoxy) is 2. The minimum atomic E-state index is -0.994. The number of benzene rings is 1. The Morgan fingerprint density at radius 2 is 2.22 bits per heavy atom. The molecule has 1 fully saturated rings. The molecule has 2 atom stereocenters. The maximum Gasteiger partial charge on any atom is 0.361 e. The van der Waals surface area contributed by atoms with Gasteiger partial charge in [0.2, 0.25) is 0 Å². The van der Waals surface area contributed by atoms with E-state index < -0.39 is 23.7 Å². The summed E-state index contributed by atoms with van der Waals surface area (Å²) in [5.74, 6) is -2.30. The van der Waals surface area contributed by atoms with Crippen LogP contribution in [0.15, 0.2) is 29.0 Å². The first-order valence-corrected chi connectivity index (χ1v) is 7.27. The SMILES string of the molecule is C[C@@H](OC(=O)c1ncoc1[C@H]1CCCO1)c1ccc(F)c(F)c1. The topological polar surface area (TPSA) is 61.6 Å². The summed E-state index contributed by atoms with van der Waals surface area (Å²) in [6, 6.07) is 3.35. The Morgan fingerprint density at radius 1 is 1.39 bits per heavy atom. The molecule has 0 radical (unpaired) electrons. The zero-order valence-corrected chi connectivity index (χ0v) is 12.4. The Bertz CT molecular complexity index is 710. The molecule has 0 saturated carbocycles. The number of rotatable bonds is 4. The second kappa shape index (κ2) is 6.45. The molecule has 1 aliphatic rings. The molecule has 1 aliphatic heterocycles. The third kappa shape index (κ3) is 3.24. The first-order valence-electron chi connectivity index (χ1n) is 7.27. The summed E-state index contributed by atoms with van der Waals surface area (Å²) in [6.45, 7) is 2.17. The van der Waals surface area contributed by atoms with Crippen LogP contribution >= 0.6 is 0 Å². The van der Waals surface area contributed by atoms with Crippen molar-refractivity contribution in [1.82, 2.24) is 4.98 Å². The van der Waals surface area contributed by atoms with Crippen LogP contribution in [0.4, 0.5) is 8.78 Å². The Morgan fingerprint density at radius 3 is 2.91 bits per heavy atom. The Kier molecular flexibility index (Phi) is 4.38. The average Bonchev–Trinajstić information content (AvgIpc) is 3.19. The van der Waals surface area contributed by atoms with Crippen LogP contribution in [-0.4, -0.2) is 17.6 Å². The molecule has 2 aromatic rings. The summed E-state index contributed by atoms with van der Waals surface area (Å²) < 4.78 is 42.2. The summed E-state index contributed by atoms with van der Waals surface area (Å²) in [5, 5.41) is 0. The molecule has 5 nitrogen and oxygen atoms in total. The highest BCUT2D eigenvalue weighted by molar-refractivity contribution is 5.88. The van der Waals surface area contributed by atoms with Crippen LogP contribution < -0.4 is 0 Å². The van der Waals surface area contributed by atoms with Crippen LogP contribution in [0.25, 0.3) is 0 Å². The van der Waals surface area contributed by atoms with E-state index in [9.17, 15) is 13.6 Å². The van der Waals surface area contributed by atoms with Gasteiger partial charge in [-0.1, -0.05) is 6.07 Å². The molecule has 3 rings (SSSR count). The summed E-state index contributed by atoms with van der Waals surface area (Å²) >= 11 is 0. The van der Waals surface area contributed by atoms with Crippen molar-refractivity contribution in [2.24, 2.45) is 0 Å². The number of oxazole rings is 1. The minimum absolute atomic E-state index is 0.0475. The number of hydrogen-bond donors (Lipinski definition) is 0. The highest BCUT2D eigenvalue weighted by Crippen LogP contribution is 2.31. The van der Waals surface area contributed by atoms with Crippen molar-refractivity contribution in [3.63, 3.8) is 0 Å². The highest BCUT2D eigenvalue weighted by atomic mass is 19.2. The van der Waals surface area contributed by atoms with E-state index in [1.165, 1.54) is 6.07 Å². The van der Waals surface area contributed by atoms with Gasteiger partial charge in [-0.25, -0.2) is 18.6 Å². The normalized spacial score (nSPS) is 18.8. The number of halogens is 2. The molecule has 23 heavy (non-hydrogen) atoms. The van der Waals surface area contributed by atoms with Crippen molar-refractivity contribution in [1.29, 1.82) is 0 Å². The Hall–Kier alpha value is -2.28. The van der Waals surface area contributed by atoms with Gasteiger partial charge in [0.25, 0.3) is 0 Å². The third-order valence-electron chi connectivity index (χ3n) is 3.71. The van der Waals surface area contributed by atoms with Crippen LogP contribution in [-0.2, 0) is 9.47 Å². The zero-order valence-electron chi connectivity index (χ0n) is 12.4. The fraction of sp³-hybridized carbons (Fsp3) is 0.375. The number of carbonyl (C=O) groups excluding carboxylic acids is 1. The van der Waals surface area contributed by atoms with Crippen LogP contribution in [0.5, 0.6) is 0 Å². The quantitative estimate of drug-likeness (QED) is 0.803. The molecule has 0 unspecified atom stereocenters. The lowest BCUT2D eigenvalue weighted by atomic mass is 10.1. The van der Waals surface area contributed by atoms with Gasteiger partial charge in [-0.3, -0.25) is 0 Å². The van der Waals surface area contributed by atoms with Gasteiger partial charge in [-0.15, -0.1) is 0 Å². The van der Waals surface area contributed by atoms with E-state index in [1.807, 2.05) is 0 Å². The Balaban J connectivity index is 1.74. The molecular weight excluding hydrogens is 308 g/mol. The lowest BCUT2D eigenvalue weighted by Crippen LogP contribution is -2.13. The lowest BCUT2D eigenvalue weighted by molar-refractivity contribution is 0.0315. The monoisotopic (exact) mass is 323 g/mol. The molecular formula is C16H15F2NO4. The van der Waals surface area contributed by atoms with E-state index in [2.05, 4.69) is 4.98 Å². The number of hydrogen-bond acceptors (Lipinski definition) is 5. The number of nitrogens with zero attached hydrogens (tertiary/aromatic N) is 1. The van der Waals surface area contributed by atoms with Gasteiger partial charge in [0, 0.05) is 6.61 Å². The molecule has 1 saturated heterocycles. The van der Waals surface area contributed by atoms with Gasteiger partial charge in [-0.2, -0.15) is 0 Å². The molecule has 2 heterocycles. The molecule has 1 aromatic heterocycles. The molecule has 0 N–H and O–H groups in total. The molecule has 0 bridgehead atoms. The van der Waals surface area contributed by atoms with E-state index in [0.29, 0.717) is 17.9 Å². The third-order valence-corrected chi connectivity index (χ3v) is 3.71. The average molecular weight is 323 g/mol. The largest absolute Gasteiger partial charge is 0.453 e. The molecule has 122 valence electrons. The van der Waals surface area contributed by atoms with Crippen LogP contribution in [0.3, 0.4) is 0 Å². The van der Waals surface area contributed by atoms with Gasteiger partial charge in [0.15, 0.2) is 29.5 Å². The molecule has 0 amide bonds. The maximum atomic E-state index is 13.3. The van der Waals surface area contributed by atoms with Crippen molar-refractivity contribution in [2.45, 2.75) is 32.0 Å². The minimum Gasteiger partial charge on any atom is -0.453 e. The fourth-order valence-electron chi connectivity index (χ4n) is 2.47. The smallest absolute Gasteiger partial charge is 0.361 e. The maximum absolute atomic E-state index is 13.3. The summed E-state index contributed by atoms with van der Waals surface area (Å²) in [6.07, 6.45) is 1.72. The van der Waals surface area contributed by atoms with Gasteiger partial charge in [0.1, 0.15) is 12.2 Å². The highest BCUT2D eigenvalue weighted by Gasteiger charge is 2.29. The number of carbonyl (C=O) groups is 1. The van der Waals surface area contributed by atoms with Crippen molar-refractivity contribution in [3.8, 4) is 0 Å². The standard InChI is InChI=1S/C16H15F2NO4/c1-9(10-4-5-11(17)12(18)7-10)23-16(20)14-15(22-8-19-14)13-3-2-6-21-13/h4-5,7-9,13H,2-3,6H2,1H3/t9-,13-/m1/s1. The predicted molar refractivity (Wildman–Crippen MR) is 74.6 cm³/mol. The lowest BCUT2D eigenvalue weighted by Gasteiger charge is -2.14. The molecule has 0 spiro atoms. The van der Waals surface area contributed by atoms with E-state index in [-0.39, 0.29) is 11.8 Å². The number of esters is 1. The van der Waals surface area contributed by atoms with Crippen molar-refractivity contribution in [2.75, 3.05) is 6.61 Å². The van der Waals surface area contributed by atoms with Crippen molar-refractivity contribution in [3.05, 3.63) is 53.2 Å². The predicted octanol–water partition coefficient (Wildman–Crippen LogP) is 3.72. The van der Waals surface area contributed by atoms with E-state index in [4.69, 9.17) is 13.9 Å². The first kappa shape index (κ1) is 15.6. The summed E-state index contributed by atoms with van der Waals surface area (Å²) in [4.78, 5) is 16.1. The summed E-state index contributed by atoms with van der Waals surface area (Å²) in [7, 11) is 0. The second-order valence-electron chi connectivity index (χ2n) is 5.29. The first-order chi connectivity index (χ1) is 11.1. The molecule has 1 aromatic carbocycles. The van der Waals surface area contributed by atoms with E-state index >= 15 is 0 Å². The second-order valence-corrected chi connectivity index (χ2v) is 5.29. The molecule has 7 heteroatoms. The zero-order chi connectivity index (χ0) is 16.4.